The fourth-order valence-electron chi connectivity index (χ4n) is 4.24. The summed E-state index contributed by atoms with van der Waals surface area (Å²) in [5.74, 6) is 0.0297. The lowest BCUT2D eigenvalue weighted by molar-refractivity contribution is -0.124. The van der Waals surface area contributed by atoms with Crippen molar-refractivity contribution in [2.75, 3.05) is 17.9 Å². The summed E-state index contributed by atoms with van der Waals surface area (Å²) in [5.41, 5.74) is 3.62. The number of carbonyl (C=O) groups is 1. The molecule has 1 unspecified atom stereocenters. The maximum atomic E-state index is 12.9. The number of carbonyl (C=O) groups excluding carboxylic acids is 1. The minimum atomic E-state index is -3.69. The number of nitrogens with one attached hydrogen (secondary N) is 2. The highest BCUT2D eigenvalue weighted by atomic mass is 32.2. The van der Waals surface area contributed by atoms with Gasteiger partial charge in [-0.05, 0) is 86.9 Å². The molecule has 0 spiro atoms. The van der Waals surface area contributed by atoms with E-state index >= 15 is 0 Å². The van der Waals surface area contributed by atoms with E-state index in [2.05, 4.69) is 10.0 Å². The number of amides is 1. The second kappa shape index (κ2) is 8.28. The Kier molecular flexibility index (Phi) is 5.83. The molecular weight excluding hydrogens is 412 g/mol. The molecule has 2 N–H and O–H groups in total. The lowest BCUT2D eigenvalue weighted by Gasteiger charge is -2.18. The van der Waals surface area contributed by atoms with E-state index in [1.807, 2.05) is 32.0 Å². The lowest BCUT2D eigenvalue weighted by Crippen LogP contribution is -2.39. The number of anilines is 1. The number of hydrogen-bond donors (Lipinski definition) is 2. The first-order valence-electron chi connectivity index (χ1n) is 10.8. The van der Waals surface area contributed by atoms with Crippen LogP contribution in [-0.2, 0) is 25.0 Å². The average molecular weight is 443 g/mol. The van der Waals surface area contributed by atoms with Crippen LogP contribution in [0.1, 0.15) is 47.9 Å². The van der Waals surface area contributed by atoms with Crippen molar-refractivity contribution in [1.29, 1.82) is 0 Å². The van der Waals surface area contributed by atoms with Crippen molar-refractivity contribution in [3.05, 3.63) is 58.7 Å². The Morgan fingerprint density at radius 3 is 2.35 bits per heavy atom. The number of sulfonamides is 1. The van der Waals surface area contributed by atoms with E-state index in [0.29, 0.717) is 17.8 Å². The van der Waals surface area contributed by atoms with Crippen molar-refractivity contribution in [2.45, 2.75) is 62.9 Å². The highest BCUT2D eigenvalue weighted by molar-refractivity contribution is 7.92. The van der Waals surface area contributed by atoms with E-state index in [0.717, 1.165) is 49.0 Å². The molecule has 1 heterocycles. The predicted molar refractivity (Wildman–Crippen MR) is 121 cm³/mol. The number of ether oxygens (including phenoxy) is 1. The Labute approximate surface area is 184 Å². The Morgan fingerprint density at radius 1 is 1.06 bits per heavy atom. The van der Waals surface area contributed by atoms with Crippen LogP contribution in [0.3, 0.4) is 0 Å². The summed E-state index contributed by atoms with van der Waals surface area (Å²) in [6.07, 6.45) is 3.76. The molecule has 0 bridgehead atoms. The molecule has 0 radical (unpaired) electrons. The van der Waals surface area contributed by atoms with Gasteiger partial charge in [0.2, 0.25) is 5.91 Å². The second-order valence-electron chi connectivity index (χ2n) is 8.81. The van der Waals surface area contributed by atoms with Gasteiger partial charge in [-0.2, -0.15) is 0 Å². The minimum absolute atomic E-state index is 0.0297. The van der Waals surface area contributed by atoms with Gasteiger partial charge in [-0.3, -0.25) is 9.52 Å². The fraction of sp³-hybridized carbons (Fsp3) is 0.458. The third-order valence-corrected chi connectivity index (χ3v) is 7.99. The van der Waals surface area contributed by atoms with Crippen LogP contribution in [0.2, 0.25) is 0 Å². The van der Waals surface area contributed by atoms with Crippen molar-refractivity contribution >= 4 is 21.6 Å². The van der Waals surface area contributed by atoms with Crippen LogP contribution in [0.25, 0.3) is 0 Å². The molecule has 2 aliphatic rings. The molecular formula is C24H30N2O4S. The SMILES string of the molecule is Cc1cc(C)c(S(=O)(=O)Nc2ccc(C3(C(=O)NCC4CCCO4)CC3)cc2)cc1C. The zero-order valence-corrected chi connectivity index (χ0v) is 19.1. The molecule has 1 aliphatic carbocycles. The molecule has 1 saturated heterocycles. The Balaban J connectivity index is 1.45. The molecule has 2 aromatic carbocycles. The first-order chi connectivity index (χ1) is 14.7. The average Bonchev–Trinajstić information content (AvgIpc) is 3.37. The minimum Gasteiger partial charge on any atom is -0.376 e. The van der Waals surface area contributed by atoms with Crippen LogP contribution in [0.5, 0.6) is 0 Å². The van der Waals surface area contributed by atoms with Gasteiger partial charge in [-0.15, -0.1) is 0 Å². The first kappa shape index (κ1) is 21.8. The van der Waals surface area contributed by atoms with Gasteiger partial charge in [0.15, 0.2) is 0 Å². The standard InChI is InChI=1S/C24H30N2O4S/c1-16-13-18(3)22(14-17(16)2)31(28,29)26-20-8-6-19(7-9-20)24(10-11-24)23(27)25-15-21-5-4-12-30-21/h6-9,13-14,21,26H,4-5,10-12,15H2,1-3H3,(H,25,27). The van der Waals surface area contributed by atoms with Gasteiger partial charge < -0.3 is 10.1 Å². The van der Waals surface area contributed by atoms with Crippen LogP contribution < -0.4 is 10.0 Å². The normalized spacial score (nSPS) is 19.8. The predicted octanol–water partition coefficient (Wildman–Crippen LogP) is 3.74. The van der Waals surface area contributed by atoms with Crippen molar-refractivity contribution in [2.24, 2.45) is 0 Å². The number of benzene rings is 2. The lowest BCUT2D eigenvalue weighted by atomic mass is 9.94. The van der Waals surface area contributed by atoms with Gasteiger partial charge in [0.25, 0.3) is 10.0 Å². The van der Waals surface area contributed by atoms with Gasteiger partial charge in [0.05, 0.1) is 16.4 Å². The molecule has 2 fully saturated rings. The largest absolute Gasteiger partial charge is 0.376 e. The summed E-state index contributed by atoms with van der Waals surface area (Å²) < 4.78 is 34.1. The monoisotopic (exact) mass is 442 g/mol. The molecule has 1 atom stereocenters. The van der Waals surface area contributed by atoms with E-state index in [1.165, 1.54) is 0 Å². The van der Waals surface area contributed by atoms with Gasteiger partial charge in [-0.25, -0.2) is 8.42 Å². The molecule has 6 nitrogen and oxygen atoms in total. The smallest absolute Gasteiger partial charge is 0.262 e. The van der Waals surface area contributed by atoms with Crippen LogP contribution in [0.15, 0.2) is 41.3 Å². The Morgan fingerprint density at radius 2 is 1.74 bits per heavy atom. The molecule has 4 rings (SSSR count). The van der Waals surface area contributed by atoms with Crippen LogP contribution >= 0.6 is 0 Å². The first-order valence-corrected chi connectivity index (χ1v) is 12.3. The molecule has 31 heavy (non-hydrogen) atoms. The maximum Gasteiger partial charge on any atom is 0.262 e. The fourth-order valence-corrected chi connectivity index (χ4v) is 5.61. The van der Waals surface area contributed by atoms with Gasteiger partial charge in [0, 0.05) is 18.8 Å². The van der Waals surface area contributed by atoms with Crippen molar-refractivity contribution in [3.8, 4) is 0 Å². The van der Waals surface area contributed by atoms with E-state index < -0.39 is 15.4 Å². The third kappa shape index (κ3) is 4.48. The summed E-state index contributed by atoms with van der Waals surface area (Å²) in [6, 6.07) is 10.8. The summed E-state index contributed by atoms with van der Waals surface area (Å²) >= 11 is 0. The number of hydrogen-bond acceptors (Lipinski definition) is 4. The topological polar surface area (TPSA) is 84.5 Å². The molecule has 7 heteroatoms. The van der Waals surface area contributed by atoms with Crippen molar-refractivity contribution < 1.29 is 17.9 Å². The van der Waals surface area contributed by atoms with Crippen LogP contribution in [-0.4, -0.2) is 33.6 Å². The number of aryl methyl sites for hydroxylation is 3. The highest BCUT2D eigenvalue weighted by Gasteiger charge is 2.51. The molecule has 1 saturated carbocycles. The maximum absolute atomic E-state index is 12.9. The summed E-state index contributed by atoms with van der Waals surface area (Å²) in [7, 11) is -3.69. The van der Waals surface area contributed by atoms with E-state index in [-0.39, 0.29) is 16.9 Å². The summed E-state index contributed by atoms with van der Waals surface area (Å²) in [6.45, 7) is 6.99. The molecule has 2 aromatic rings. The van der Waals surface area contributed by atoms with Crippen molar-refractivity contribution in [3.63, 3.8) is 0 Å². The second-order valence-corrected chi connectivity index (χ2v) is 10.5. The summed E-state index contributed by atoms with van der Waals surface area (Å²) in [4.78, 5) is 13.1. The molecule has 1 amide bonds. The Bertz CT molecular complexity index is 1080. The van der Waals surface area contributed by atoms with E-state index in [1.54, 1.807) is 25.1 Å². The van der Waals surface area contributed by atoms with Gasteiger partial charge in [0.1, 0.15) is 0 Å². The zero-order chi connectivity index (χ0) is 22.2. The summed E-state index contributed by atoms with van der Waals surface area (Å²) in [5, 5.41) is 3.04. The van der Waals surface area contributed by atoms with E-state index in [9.17, 15) is 13.2 Å². The van der Waals surface area contributed by atoms with Crippen molar-refractivity contribution in [1.82, 2.24) is 5.32 Å². The van der Waals surface area contributed by atoms with E-state index in [4.69, 9.17) is 4.74 Å². The Hall–Kier alpha value is -2.38. The highest BCUT2D eigenvalue weighted by Crippen LogP contribution is 2.48. The van der Waals surface area contributed by atoms with Crippen LogP contribution in [0.4, 0.5) is 5.69 Å². The molecule has 1 aliphatic heterocycles. The molecule has 0 aromatic heterocycles. The van der Waals surface area contributed by atoms with Crippen LogP contribution in [0, 0.1) is 20.8 Å². The zero-order valence-electron chi connectivity index (χ0n) is 18.3. The molecule has 166 valence electrons. The quantitative estimate of drug-likeness (QED) is 0.684. The van der Waals surface area contributed by atoms with Gasteiger partial charge in [-0.1, -0.05) is 18.2 Å². The number of rotatable bonds is 7. The van der Waals surface area contributed by atoms with Gasteiger partial charge >= 0.3 is 0 Å². The third-order valence-electron chi connectivity index (χ3n) is 6.47.